The molecule has 3 aromatic rings. The van der Waals surface area contributed by atoms with E-state index in [9.17, 15) is 9.59 Å². The van der Waals surface area contributed by atoms with Crippen LogP contribution in [-0.4, -0.2) is 81.8 Å². The molecular weight excluding hydrogens is 492 g/mol. The van der Waals surface area contributed by atoms with E-state index >= 15 is 0 Å². The van der Waals surface area contributed by atoms with Gasteiger partial charge in [-0.05, 0) is 54.8 Å². The van der Waals surface area contributed by atoms with Crippen molar-refractivity contribution in [3.8, 4) is 0 Å². The molecule has 0 aliphatic carbocycles. The molecular formula is C29H34N8O2. The smallest absolute Gasteiger partial charge is 0.242 e. The van der Waals surface area contributed by atoms with E-state index < -0.39 is 0 Å². The monoisotopic (exact) mass is 526 g/mol. The normalized spacial score (nSPS) is 22.4. The van der Waals surface area contributed by atoms with Crippen molar-refractivity contribution in [2.24, 2.45) is 0 Å². The van der Waals surface area contributed by atoms with E-state index in [-0.39, 0.29) is 24.4 Å². The Morgan fingerprint density at radius 2 is 1.44 bits per heavy atom. The van der Waals surface area contributed by atoms with Crippen LogP contribution in [0.2, 0.25) is 0 Å². The molecule has 4 aliphatic rings. The van der Waals surface area contributed by atoms with Crippen LogP contribution in [0, 0.1) is 0 Å². The van der Waals surface area contributed by atoms with E-state index in [4.69, 9.17) is 0 Å². The highest BCUT2D eigenvalue weighted by atomic mass is 16.2. The number of hydrogen-bond donors (Lipinski definition) is 3. The van der Waals surface area contributed by atoms with Gasteiger partial charge in [0.1, 0.15) is 18.0 Å². The predicted octanol–water partition coefficient (Wildman–Crippen LogP) is 2.70. The number of nitrogens with zero attached hydrogens (tertiary/aromatic N) is 5. The van der Waals surface area contributed by atoms with Gasteiger partial charge in [0.05, 0.1) is 12.6 Å². The predicted molar refractivity (Wildman–Crippen MR) is 150 cm³/mol. The summed E-state index contributed by atoms with van der Waals surface area (Å²) in [7, 11) is 0. The summed E-state index contributed by atoms with van der Waals surface area (Å²) in [4.78, 5) is 41.2. The van der Waals surface area contributed by atoms with Gasteiger partial charge in [-0.1, -0.05) is 24.3 Å². The highest BCUT2D eigenvalue weighted by Crippen LogP contribution is 2.24. The number of rotatable bonds is 0. The zero-order valence-corrected chi connectivity index (χ0v) is 22.0. The maximum Gasteiger partial charge on any atom is 0.242 e. The standard InChI is InChI=1S/C29H34N8O2/c38-28-17-30-29(39)25-8-3-9-37(25)19-22-5-2-7-24(15-22)34-27-16-26(31-20-32-27)33-23-6-1-4-21(14-23)18-35-10-12-36(28)13-11-35/h1-2,4-7,14-16,20,25H,3,8-13,17-19H2,(H,30,39)(H2,31,32,33,34). The third kappa shape index (κ3) is 6.18. The lowest BCUT2D eigenvalue weighted by molar-refractivity contribution is -0.135. The molecule has 3 N–H and O–H groups in total. The van der Waals surface area contributed by atoms with Crippen LogP contribution >= 0.6 is 0 Å². The van der Waals surface area contributed by atoms with Crippen LogP contribution in [0.15, 0.2) is 60.9 Å². The number of anilines is 4. The van der Waals surface area contributed by atoms with Crippen LogP contribution in [0.5, 0.6) is 0 Å². The lowest BCUT2D eigenvalue weighted by Crippen LogP contribution is -2.52. The molecule has 0 saturated carbocycles. The Morgan fingerprint density at radius 3 is 2.13 bits per heavy atom. The zero-order valence-electron chi connectivity index (χ0n) is 22.0. The van der Waals surface area contributed by atoms with Crippen LogP contribution in [0.25, 0.3) is 0 Å². The lowest BCUT2D eigenvalue weighted by Gasteiger charge is -2.35. The van der Waals surface area contributed by atoms with E-state index in [1.807, 2.05) is 35.2 Å². The van der Waals surface area contributed by atoms with Gasteiger partial charge in [0.2, 0.25) is 11.8 Å². The summed E-state index contributed by atoms with van der Waals surface area (Å²) >= 11 is 0. The van der Waals surface area contributed by atoms with Crippen LogP contribution in [0.3, 0.4) is 0 Å². The molecule has 10 heteroatoms. The number of hydrogen-bond acceptors (Lipinski definition) is 8. The average Bonchev–Trinajstić information content (AvgIpc) is 3.40. The first-order valence-corrected chi connectivity index (χ1v) is 13.6. The van der Waals surface area contributed by atoms with Crippen molar-refractivity contribution in [1.29, 1.82) is 0 Å². The highest BCUT2D eigenvalue weighted by molar-refractivity contribution is 5.87. The quantitative estimate of drug-likeness (QED) is 0.411. The van der Waals surface area contributed by atoms with Crippen molar-refractivity contribution < 1.29 is 9.59 Å². The van der Waals surface area contributed by atoms with E-state index in [2.05, 4.69) is 60.0 Å². The molecule has 10 nitrogen and oxygen atoms in total. The summed E-state index contributed by atoms with van der Waals surface area (Å²) in [5, 5.41) is 9.72. The minimum atomic E-state index is -0.224. The molecule has 7 rings (SSSR count). The molecule has 5 heterocycles. The first-order chi connectivity index (χ1) is 19.1. The Balaban J connectivity index is 1.26. The number of piperazine rings is 1. The van der Waals surface area contributed by atoms with E-state index in [0.717, 1.165) is 56.0 Å². The molecule has 2 fully saturated rings. The van der Waals surface area contributed by atoms with Crippen molar-refractivity contribution in [2.75, 3.05) is 49.9 Å². The highest BCUT2D eigenvalue weighted by Gasteiger charge is 2.31. The van der Waals surface area contributed by atoms with Gasteiger partial charge in [-0.25, -0.2) is 9.97 Å². The van der Waals surface area contributed by atoms with Crippen molar-refractivity contribution in [3.63, 3.8) is 0 Å². The fraction of sp³-hybridized carbons (Fsp3) is 0.379. The van der Waals surface area contributed by atoms with Crippen molar-refractivity contribution in [1.82, 2.24) is 30.0 Å². The topological polar surface area (TPSA) is 106 Å². The Kier molecular flexibility index (Phi) is 7.38. The number of benzene rings is 2. The molecule has 0 radical (unpaired) electrons. The second kappa shape index (κ2) is 11.4. The van der Waals surface area contributed by atoms with E-state index in [1.165, 1.54) is 5.56 Å². The summed E-state index contributed by atoms with van der Waals surface area (Å²) in [6.45, 7) is 5.29. The summed E-state index contributed by atoms with van der Waals surface area (Å²) < 4.78 is 0. The van der Waals surface area contributed by atoms with Crippen LogP contribution in [0.4, 0.5) is 23.0 Å². The Bertz CT molecular complexity index is 1340. The fourth-order valence-corrected chi connectivity index (χ4v) is 5.64. The average molecular weight is 527 g/mol. The second-order valence-corrected chi connectivity index (χ2v) is 10.4. The van der Waals surface area contributed by atoms with Gasteiger partial charge in [-0.2, -0.15) is 0 Å². The van der Waals surface area contributed by atoms with Gasteiger partial charge in [0.15, 0.2) is 0 Å². The number of nitrogens with one attached hydrogen (secondary N) is 3. The lowest BCUT2D eigenvalue weighted by atomic mass is 10.1. The minimum absolute atomic E-state index is 0.0150. The molecule has 1 aromatic heterocycles. The van der Waals surface area contributed by atoms with Crippen LogP contribution in [0.1, 0.15) is 24.0 Å². The number of fused-ring (bicyclic) bond motifs is 5. The summed E-state index contributed by atoms with van der Waals surface area (Å²) in [6.07, 6.45) is 3.31. The van der Waals surface area contributed by atoms with Gasteiger partial charge in [-0.3, -0.25) is 19.4 Å². The van der Waals surface area contributed by atoms with Gasteiger partial charge >= 0.3 is 0 Å². The SMILES string of the molecule is O=C1NCC(=O)N2CCN(CC2)Cc2cccc(c2)Nc2cc(ncn2)Nc2cccc(c2)CN2CCCC12. The number of amides is 2. The summed E-state index contributed by atoms with van der Waals surface area (Å²) in [5.74, 6) is 1.32. The van der Waals surface area contributed by atoms with Gasteiger partial charge < -0.3 is 20.9 Å². The van der Waals surface area contributed by atoms with Crippen molar-refractivity contribution in [2.45, 2.75) is 32.0 Å². The molecule has 39 heavy (non-hydrogen) atoms. The van der Waals surface area contributed by atoms with E-state index in [1.54, 1.807) is 6.33 Å². The Hall–Kier alpha value is -4.02. The van der Waals surface area contributed by atoms with E-state index in [0.29, 0.717) is 31.3 Å². The number of carbonyl (C=O) groups excluding carboxylic acids is 2. The van der Waals surface area contributed by atoms with Gasteiger partial charge in [-0.15, -0.1) is 0 Å². The first kappa shape index (κ1) is 25.3. The number of aromatic nitrogens is 2. The molecule has 4 aliphatic heterocycles. The van der Waals surface area contributed by atoms with Crippen LogP contribution in [-0.2, 0) is 22.7 Å². The molecule has 0 spiro atoms. The van der Waals surface area contributed by atoms with Crippen molar-refractivity contribution in [3.05, 3.63) is 72.1 Å². The van der Waals surface area contributed by atoms with Gasteiger partial charge in [0, 0.05) is 56.7 Å². The fourth-order valence-electron chi connectivity index (χ4n) is 5.64. The third-order valence-electron chi connectivity index (χ3n) is 7.66. The largest absolute Gasteiger partial charge is 0.346 e. The minimum Gasteiger partial charge on any atom is -0.346 e. The maximum atomic E-state index is 13.1. The molecule has 202 valence electrons. The Morgan fingerprint density at radius 1 is 0.769 bits per heavy atom. The molecule has 1 unspecified atom stereocenters. The second-order valence-electron chi connectivity index (χ2n) is 10.4. The maximum absolute atomic E-state index is 13.1. The molecule has 2 amide bonds. The Labute approximate surface area is 228 Å². The summed E-state index contributed by atoms with van der Waals surface area (Å²) in [5.41, 5.74) is 4.18. The zero-order chi connectivity index (χ0) is 26.6. The van der Waals surface area contributed by atoms with Crippen LogP contribution < -0.4 is 16.0 Å². The third-order valence-corrected chi connectivity index (χ3v) is 7.66. The molecule has 8 bridgehead atoms. The summed E-state index contributed by atoms with van der Waals surface area (Å²) in [6, 6.07) is 18.2. The first-order valence-electron chi connectivity index (χ1n) is 13.6. The molecule has 1 atom stereocenters. The van der Waals surface area contributed by atoms with Crippen molar-refractivity contribution >= 4 is 34.8 Å². The molecule has 2 saturated heterocycles. The molecule has 2 aromatic carbocycles. The number of carbonyl (C=O) groups is 2. The van der Waals surface area contributed by atoms with Gasteiger partial charge in [0.25, 0.3) is 0 Å².